The molecule has 0 radical (unpaired) electrons. The van der Waals surface area contributed by atoms with Gasteiger partial charge in [-0.3, -0.25) is 4.79 Å². The summed E-state index contributed by atoms with van der Waals surface area (Å²) in [6, 6.07) is 4.62. The minimum atomic E-state index is -4.48. The van der Waals surface area contributed by atoms with Crippen molar-refractivity contribution in [2.75, 3.05) is 10.6 Å². The molecule has 0 aliphatic carbocycles. The van der Waals surface area contributed by atoms with Gasteiger partial charge in [-0.1, -0.05) is 0 Å². The highest BCUT2D eigenvalue weighted by Gasteiger charge is 2.38. The minimum absolute atomic E-state index is 0.267. The number of fused-ring (bicyclic) bond motifs is 1. The molecule has 3 nitrogen and oxygen atoms in total. The first-order valence-electron chi connectivity index (χ1n) is 5.55. The molecular formula is C12H13F3N2O. The molecule has 0 spiro atoms. The number of anilines is 2. The molecule has 2 rings (SSSR count). The number of amides is 1. The lowest BCUT2D eigenvalue weighted by Crippen LogP contribution is -2.38. The van der Waals surface area contributed by atoms with Gasteiger partial charge in [0.1, 0.15) is 6.42 Å². The van der Waals surface area contributed by atoms with E-state index in [2.05, 4.69) is 0 Å². The number of nitrogens with two attached hydrogens (primary N) is 1. The zero-order chi connectivity index (χ0) is 13.5. The number of benzene rings is 1. The molecule has 0 aromatic heterocycles. The van der Waals surface area contributed by atoms with Crippen LogP contribution in [0.5, 0.6) is 0 Å². The van der Waals surface area contributed by atoms with Crippen molar-refractivity contribution in [2.24, 2.45) is 0 Å². The van der Waals surface area contributed by atoms with Gasteiger partial charge in [0.25, 0.3) is 0 Å². The Kier molecular flexibility index (Phi) is 2.96. The molecule has 1 atom stereocenters. The summed E-state index contributed by atoms with van der Waals surface area (Å²) in [5, 5.41) is 0. The Morgan fingerprint density at radius 1 is 1.50 bits per heavy atom. The number of carbonyl (C=O) groups is 1. The Bertz CT molecular complexity index is 485. The number of hydrogen-bond donors (Lipinski definition) is 1. The lowest BCUT2D eigenvalue weighted by molar-refractivity contribution is -0.152. The Labute approximate surface area is 102 Å². The predicted octanol–water partition coefficient (Wildman–Crippen LogP) is 2.50. The number of alkyl halides is 3. The van der Waals surface area contributed by atoms with Gasteiger partial charge in [-0.25, -0.2) is 0 Å². The van der Waals surface area contributed by atoms with Crippen molar-refractivity contribution in [1.82, 2.24) is 0 Å². The molecule has 1 amide bonds. The zero-order valence-electron chi connectivity index (χ0n) is 9.79. The summed E-state index contributed by atoms with van der Waals surface area (Å²) in [5.74, 6) is -0.918. The van der Waals surface area contributed by atoms with Crippen LogP contribution in [-0.4, -0.2) is 18.1 Å². The zero-order valence-corrected chi connectivity index (χ0v) is 9.79. The number of halogens is 3. The highest BCUT2D eigenvalue weighted by atomic mass is 19.4. The first-order chi connectivity index (χ1) is 8.28. The standard InChI is InChI=1S/C12H13F3N2O/c1-7-4-8-5-9(16)2-3-10(8)17(7)11(18)6-12(13,14)15/h2-3,5,7H,4,6,16H2,1H3. The summed E-state index contributed by atoms with van der Waals surface area (Å²) in [5.41, 5.74) is 7.51. The average Bonchev–Trinajstić information content (AvgIpc) is 2.50. The average molecular weight is 258 g/mol. The second kappa shape index (κ2) is 4.19. The van der Waals surface area contributed by atoms with E-state index in [1.807, 2.05) is 0 Å². The molecule has 98 valence electrons. The Balaban J connectivity index is 2.28. The van der Waals surface area contributed by atoms with Crippen molar-refractivity contribution in [3.63, 3.8) is 0 Å². The van der Waals surface area contributed by atoms with E-state index in [9.17, 15) is 18.0 Å². The maximum Gasteiger partial charge on any atom is 0.397 e. The molecule has 18 heavy (non-hydrogen) atoms. The van der Waals surface area contributed by atoms with Crippen LogP contribution in [0.3, 0.4) is 0 Å². The number of rotatable bonds is 1. The van der Waals surface area contributed by atoms with E-state index in [1.165, 1.54) is 4.90 Å². The van der Waals surface area contributed by atoms with Crippen LogP contribution < -0.4 is 10.6 Å². The van der Waals surface area contributed by atoms with Gasteiger partial charge in [-0.05, 0) is 37.1 Å². The van der Waals surface area contributed by atoms with Gasteiger partial charge < -0.3 is 10.6 Å². The Morgan fingerprint density at radius 3 is 2.78 bits per heavy atom. The Hall–Kier alpha value is -1.72. The van der Waals surface area contributed by atoms with Crippen LogP contribution in [0.4, 0.5) is 24.5 Å². The van der Waals surface area contributed by atoms with E-state index in [-0.39, 0.29) is 6.04 Å². The van der Waals surface area contributed by atoms with Crippen LogP contribution in [0.25, 0.3) is 0 Å². The third kappa shape index (κ3) is 2.42. The number of hydrogen-bond acceptors (Lipinski definition) is 2. The van der Waals surface area contributed by atoms with E-state index in [0.717, 1.165) is 5.56 Å². The van der Waals surface area contributed by atoms with Gasteiger partial charge in [0.05, 0.1) is 0 Å². The summed E-state index contributed by atoms with van der Waals surface area (Å²) in [6.07, 6.45) is -5.38. The molecule has 1 aliphatic rings. The highest BCUT2D eigenvalue weighted by molar-refractivity contribution is 5.96. The first kappa shape index (κ1) is 12.7. The second-order valence-corrected chi connectivity index (χ2v) is 4.50. The summed E-state index contributed by atoms with van der Waals surface area (Å²) < 4.78 is 36.8. The third-order valence-corrected chi connectivity index (χ3v) is 2.94. The molecule has 1 aliphatic heterocycles. The molecule has 2 N–H and O–H groups in total. The van der Waals surface area contributed by atoms with Crippen LogP contribution in [0.2, 0.25) is 0 Å². The van der Waals surface area contributed by atoms with Crippen LogP contribution in [0, 0.1) is 0 Å². The van der Waals surface area contributed by atoms with Crippen LogP contribution in [0.15, 0.2) is 18.2 Å². The van der Waals surface area contributed by atoms with Gasteiger partial charge in [0.15, 0.2) is 0 Å². The minimum Gasteiger partial charge on any atom is -0.399 e. The van der Waals surface area contributed by atoms with E-state index in [1.54, 1.807) is 25.1 Å². The maximum atomic E-state index is 12.3. The maximum absolute atomic E-state index is 12.3. The smallest absolute Gasteiger partial charge is 0.397 e. The van der Waals surface area contributed by atoms with Crippen molar-refractivity contribution < 1.29 is 18.0 Å². The normalized spacial score (nSPS) is 18.9. The van der Waals surface area contributed by atoms with Crippen LogP contribution >= 0.6 is 0 Å². The monoisotopic (exact) mass is 258 g/mol. The summed E-state index contributed by atoms with van der Waals surface area (Å²) in [7, 11) is 0. The van der Waals surface area contributed by atoms with Gasteiger partial charge in [0.2, 0.25) is 5.91 Å². The fourth-order valence-electron chi connectivity index (χ4n) is 2.29. The quantitative estimate of drug-likeness (QED) is 0.787. The summed E-state index contributed by atoms with van der Waals surface area (Å²) >= 11 is 0. The van der Waals surface area contributed by atoms with Gasteiger partial charge in [-0.15, -0.1) is 0 Å². The fourth-order valence-corrected chi connectivity index (χ4v) is 2.29. The van der Waals surface area contributed by atoms with Crippen molar-refractivity contribution in [2.45, 2.75) is 32.0 Å². The lowest BCUT2D eigenvalue weighted by atomic mass is 10.1. The van der Waals surface area contributed by atoms with Crippen LogP contribution in [0.1, 0.15) is 18.9 Å². The molecule has 1 unspecified atom stereocenters. The van der Waals surface area contributed by atoms with Gasteiger partial charge >= 0.3 is 6.18 Å². The molecule has 1 heterocycles. The van der Waals surface area contributed by atoms with E-state index < -0.39 is 18.5 Å². The van der Waals surface area contributed by atoms with E-state index in [0.29, 0.717) is 17.8 Å². The van der Waals surface area contributed by atoms with Crippen molar-refractivity contribution in [3.8, 4) is 0 Å². The SMILES string of the molecule is CC1Cc2cc(N)ccc2N1C(=O)CC(F)(F)F. The molecule has 0 saturated heterocycles. The topological polar surface area (TPSA) is 46.3 Å². The number of nitrogens with zero attached hydrogens (tertiary/aromatic N) is 1. The summed E-state index contributed by atoms with van der Waals surface area (Å²) in [6.45, 7) is 1.73. The van der Waals surface area contributed by atoms with Crippen molar-refractivity contribution in [3.05, 3.63) is 23.8 Å². The molecule has 0 saturated carbocycles. The highest BCUT2D eigenvalue weighted by Crippen LogP contribution is 2.35. The predicted molar refractivity (Wildman–Crippen MR) is 62.2 cm³/mol. The molecule has 1 aromatic rings. The first-order valence-corrected chi connectivity index (χ1v) is 5.55. The molecule has 0 bridgehead atoms. The van der Waals surface area contributed by atoms with E-state index >= 15 is 0 Å². The number of carbonyl (C=O) groups excluding carboxylic acids is 1. The molecule has 6 heteroatoms. The van der Waals surface area contributed by atoms with Gasteiger partial charge in [-0.2, -0.15) is 13.2 Å². The lowest BCUT2D eigenvalue weighted by Gasteiger charge is -2.23. The fraction of sp³-hybridized carbons (Fsp3) is 0.417. The number of nitrogen functional groups attached to an aromatic ring is 1. The van der Waals surface area contributed by atoms with Crippen LogP contribution in [-0.2, 0) is 11.2 Å². The van der Waals surface area contributed by atoms with E-state index in [4.69, 9.17) is 5.73 Å². The third-order valence-electron chi connectivity index (χ3n) is 2.94. The second-order valence-electron chi connectivity index (χ2n) is 4.50. The Morgan fingerprint density at radius 2 is 2.17 bits per heavy atom. The molecule has 1 aromatic carbocycles. The van der Waals surface area contributed by atoms with Crippen molar-refractivity contribution >= 4 is 17.3 Å². The molecule has 0 fully saturated rings. The van der Waals surface area contributed by atoms with Gasteiger partial charge in [0, 0.05) is 17.4 Å². The largest absolute Gasteiger partial charge is 0.399 e. The molecular weight excluding hydrogens is 245 g/mol. The summed E-state index contributed by atoms with van der Waals surface area (Å²) in [4.78, 5) is 12.9. The van der Waals surface area contributed by atoms with Crippen molar-refractivity contribution in [1.29, 1.82) is 0 Å².